The third kappa shape index (κ3) is 25.0. The lowest BCUT2D eigenvalue weighted by molar-refractivity contribution is -0.160. The number of aromatic nitrogens is 5. The molecule has 0 spiro atoms. The second-order valence-corrected chi connectivity index (χ2v) is 39.8. The molecule has 1 saturated carbocycles. The van der Waals surface area contributed by atoms with Gasteiger partial charge in [-0.2, -0.15) is 4.33 Å². The largest absolute Gasteiger partial charge is 0.441 e. The van der Waals surface area contributed by atoms with Gasteiger partial charge in [-0.25, -0.2) is 119 Å². The first-order valence-electron chi connectivity index (χ1n) is 40.9. The van der Waals surface area contributed by atoms with Gasteiger partial charge in [0.25, 0.3) is 0 Å². The molecule has 5 aromatic heterocycles. The van der Waals surface area contributed by atoms with Gasteiger partial charge in [-0.05, 0) is 200 Å². The highest BCUT2D eigenvalue weighted by Gasteiger charge is 2.29. The molecule has 0 radical (unpaired) electrons. The van der Waals surface area contributed by atoms with Crippen molar-refractivity contribution in [3.63, 3.8) is 0 Å². The number of nitrogens with zero attached hydrogens (tertiary/aromatic N) is 5. The molecule has 0 amide bonds. The van der Waals surface area contributed by atoms with Crippen LogP contribution in [0.1, 0.15) is 79.5 Å². The molecule has 0 unspecified atom stereocenters. The minimum Gasteiger partial charge on any atom is -0.441 e. The minimum absolute atomic E-state index is 0.0413. The van der Waals surface area contributed by atoms with Gasteiger partial charge >= 0.3 is 17.3 Å². The van der Waals surface area contributed by atoms with Crippen LogP contribution < -0.4 is 37.8 Å². The highest BCUT2D eigenvalue weighted by atomic mass is 35.5. The molecule has 40 heteroatoms. The normalized spacial score (nSPS) is 12.9. The van der Waals surface area contributed by atoms with Gasteiger partial charge in [0.05, 0.1) is 78.6 Å². The van der Waals surface area contributed by atoms with Crippen molar-refractivity contribution in [2.24, 2.45) is 20.6 Å². The second-order valence-electron chi connectivity index (χ2n) is 30.3. The quantitative estimate of drug-likeness (QED) is 0.0313. The van der Waals surface area contributed by atoms with E-state index in [1.807, 2.05) is 84.9 Å². The van der Waals surface area contributed by atoms with E-state index >= 15 is 0 Å². The Kier molecular flexibility index (Phi) is 31.7. The predicted molar refractivity (Wildman–Crippen MR) is 505 cm³/mol. The van der Waals surface area contributed by atoms with Crippen LogP contribution in [0.5, 0.6) is 0 Å². The van der Waals surface area contributed by atoms with Crippen LogP contribution in [0.3, 0.4) is 0 Å². The summed E-state index contributed by atoms with van der Waals surface area (Å²) in [5.74, 6) is -0.819. The summed E-state index contributed by atoms with van der Waals surface area (Å²) in [5, 5.41) is 20.8. The molecule has 0 saturated heterocycles. The standard InChI is InChI=1S/C18H16O3S.C16H12ClNO4S.C16H19FN2O3S.C16H14N2O3S.2C15H11FN2O4S/c1-20-21-22-15-9-7-13(8-10-15)16-11-12-17(19)18(16)14-5-3-2-4-6-14;1-23(20,21)14-8-2-11(3-9-14)15-10-22-16(19)18(15)13-6-4-12(17)5-7-13;1-10-19-15(11-5-3-2-4-6-11)16(22-10)12-7-8-14(13(17)9-12)23(18,20)21;1-11-18-15(12-5-3-2-4-6-12)16(21-11)13-7-9-14(10-8-13)22(17,19)20;2*16-11-3-5-12(6-4-11)18-14(9-22-15(18)19)10-1-7-13(8-2-10)23(17,20)21/h2-10H,11-12H2,1H3;2-10H,1H3;7-9,11H,2-6H2,1H3,(H2,18,20,21);2-10H,1H3,(H2,17,19,20);2*1-9H,(H2,17,20,21). The Morgan fingerprint density at radius 3 is 1.22 bits per heavy atom. The second kappa shape index (κ2) is 43.3. The molecule has 18 rings (SSSR count). The molecule has 2 aliphatic carbocycles. The molecule has 8 N–H and O–H groups in total. The molecule has 30 nitrogen and oxygen atoms in total. The fourth-order valence-electron chi connectivity index (χ4n) is 14.6. The van der Waals surface area contributed by atoms with Crippen LogP contribution in [0.2, 0.25) is 5.02 Å². The summed E-state index contributed by atoms with van der Waals surface area (Å²) in [6.07, 6.45) is 12.0. The number of benzene rings is 11. The van der Waals surface area contributed by atoms with Crippen molar-refractivity contribution in [2.75, 3.05) is 13.4 Å². The van der Waals surface area contributed by atoms with Crippen LogP contribution in [0.4, 0.5) is 13.2 Å². The zero-order valence-corrected chi connectivity index (χ0v) is 78.0. The van der Waals surface area contributed by atoms with Crippen LogP contribution in [0.15, 0.2) is 358 Å². The number of carbonyl (C=O) groups is 1. The minimum atomic E-state index is -4.08. The average Bonchev–Trinajstić information content (AvgIpc) is 1.60. The van der Waals surface area contributed by atoms with Crippen molar-refractivity contribution in [1.29, 1.82) is 0 Å². The van der Waals surface area contributed by atoms with Crippen LogP contribution in [0, 0.1) is 31.3 Å². The fourth-order valence-corrected chi connectivity index (χ4v) is 17.9. The fraction of sp³-hybridized carbons (Fsp3) is 0.125. The van der Waals surface area contributed by atoms with Crippen molar-refractivity contribution in [1.82, 2.24) is 23.7 Å². The Balaban J connectivity index is 0.000000138. The van der Waals surface area contributed by atoms with Gasteiger partial charge in [-0.15, -0.1) is 0 Å². The monoisotopic (exact) mass is 1980 g/mol. The van der Waals surface area contributed by atoms with Gasteiger partial charge in [0.2, 0.25) is 40.1 Å². The lowest BCUT2D eigenvalue weighted by Gasteiger charge is -2.20. The zero-order valence-electron chi connectivity index (χ0n) is 72.3. The number of sulfone groups is 1. The van der Waals surface area contributed by atoms with E-state index in [9.17, 15) is 74.4 Å². The number of hydrogen-bond donors (Lipinski definition) is 4. The van der Waals surface area contributed by atoms with Gasteiger partial charge in [0, 0.05) is 81.3 Å². The van der Waals surface area contributed by atoms with E-state index in [1.165, 1.54) is 179 Å². The third-order valence-corrected chi connectivity index (χ3v) is 26.8. The molecule has 702 valence electrons. The van der Waals surface area contributed by atoms with Crippen LogP contribution >= 0.6 is 23.6 Å². The zero-order chi connectivity index (χ0) is 97.6. The summed E-state index contributed by atoms with van der Waals surface area (Å²) in [6, 6.07) is 72.6. The van der Waals surface area contributed by atoms with Crippen molar-refractivity contribution >= 4 is 90.5 Å². The first-order chi connectivity index (χ1) is 64.7. The Hall–Kier alpha value is -13.8. The SMILES string of the molecule is COOSc1ccc(C2=C(c3ccccc3)C(=O)CC2)cc1.CS(=O)(=O)c1ccc(-c2coc(=O)n2-c2ccc(Cl)cc2)cc1.Cc1nc(-c2ccccc2)c(-c2ccc(S(N)(=O)=O)cc2)o1.Cc1nc(C2CCCCC2)c(-c2ccc(S(N)(=O)=O)c(F)c2)o1.NS(=O)(=O)c1ccc(-c2coc(=O)n2-c2ccc(F)cc2)cc1.NS(=O)(=O)c1ccc(-c2coc(=O)n2-c2ccc(F)cc2)cc1. The van der Waals surface area contributed by atoms with E-state index in [0.717, 1.165) is 106 Å². The predicted octanol–water partition coefficient (Wildman–Crippen LogP) is 17.9. The maximum Gasteiger partial charge on any atom is 0.424 e. The van der Waals surface area contributed by atoms with Gasteiger partial charge in [-0.1, -0.05) is 140 Å². The summed E-state index contributed by atoms with van der Waals surface area (Å²) in [4.78, 5) is 62.2. The maximum atomic E-state index is 14.1. The van der Waals surface area contributed by atoms with Gasteiger partial charge in [0.15, 0.2) is 38.9 Å². The Morgan fingerprint density at radius 2 is 0.809 bits per heavy atom. The van der Waals surface area contributed by atoms with Crippen LogP contribution in [-0.4, -0.2) is 84.9 Å². The van der Waals surface area contributed by atoms with Crippen LogP contribution in [0.25, 0.3) is 95.9 Å². The number of Topliss-reactive ketones (excluding diaryl/α,β-unsaturated/α-hetero) is 1. The van der Waals surface area contributed by atoms with Gasteiger partial charge < -0.3 is 22.1 Å². The number of hydrogen-bond acceptors (Lipinski definition) is 24. The summed E-state index contributed by atoms with van der Waals surface area (Å²) < 4.78 is 188. The number of aryl methyl sites for hydroxylation is 2. The molecule has 5 heterocycles. The smallest absolute Gasteiger partial charge is 0.424 e. The topological polar surface area (TPSA) is 468 Å². The van der Waals surface area contributed by atoms with Crippen molar-refractivity contribution in [3.05, 3.63) is 375 Å². The maximum absolute atomic E-state index is 14.1. The number of oxazole rings is 5. The van der Waals surface area contributed by atoms with E-state index < -0.39 is 89.5 Å². The summed E-state index contributed by atoms with van der Waals surface area (Å²) in [7, 11) is -17.2. The van der Waals surface area contributed by atoms with Crippen molar-refractivity contribution in [2.45, 2.75) is 94.1 Å². The number of carbonyl (C=O) groups excluding carboxylic acids is 1. The van der Waals surface area contributed by atoms with Crippen molar-refractivity contribution < 1.29 is 91.4 Å². The molecule has 0 bridgehead atoms. The Bertz CT molecular complexity index is 7410. The number of rotatable bonds is 20. The molecule has 1 fully saturated rings. The molecule has 2 aliphatic rings. The summed E-state index contributed by atoms with van der Waals surface area (Å²) >= 11 is 7.03. The van der Waals surface area contributed by atoms with Gasteiger partial charge in [0.1, 0.15) is 46.8 Å². The Morgan fingerprint density at radius 1 is 0.419 bits per heavy atom. The lowest BCUT2D eigenvalue weighted by Crippen LogP contribution is -2.14. The molecule has 16 aromatic rings. The molecular weight excluding hydrogens is 1900 g/mol. The molecule has 0 aliphatic heterocycles. The van der Waals surface area contributed by atoms with E-state index in [1.54, 1.807) is 62.4 Å². The van der Waals surface area contributed by atoms with E-state index in [4.69, 9.17) is 58.6 Å². The Labute approximate surface area is 787 Å². The van der Waals surface area contributed by atoms with E-state index in [2.05, 4.69) is 14.9 Å². The molecule has 0 atom stereocenters. The molecule has 136 heavy (non-hydrogen) atoms. The van der Waals surface area contributed by atoms with Gasteiger partial charge in [-0.3, -0.25) is 4.79 Å². The highest BCUT2D eigenvalue weighted by molar-refractivity contribution is 7.94. The van der Waals surface area contributed by atoms with Crippen LogP contribution in [-0.2, 0) is 63.9 Å². The highest BCUT2D eigenvalue weighted by Crippen LogP contribution is 2.42. The lowest BCUT2D eigenvalue weighted by atomic mass is 9.85. The number of halogens is 4. The van der Waals surface area contributed by atoms with Crippen molar-refractivity contribution in [3.8, 4) is 84.7 Å². The number of primary sulfonamides is 4. The summed E-state index contributed by atoms with van der Waals surface area (Å²) in [6.45, 7) is 3.53. The number of ketones is 1. The first kappa shape index (κ1) is 99.7. The third-order valence-electron chi connectivity index (χ3n) is 21.0. The van der Waals surface area contributed by atoms with E-state index in [-0.39, 0.29) is 25.4 Å². The van der Waals surface area contributed by atoms with E-state index in [0.29, 0.717) is 97.1 Å². The number of allylic oxidation sites excluding steroid dienone is 2. The average molecular weight is 1980 g/mol. The first-order valence-corrected chi connectivity index (χ1v) is 50.1. The number of sulfonamides is 4. The summed E-state index contributed by atoms with van der Waals surface area (Å²) in [5.41, 5.74) is 12.4. The molecular formula is C96H83ClF3N9O21S6. The molecule has 11 aromatic carbocycles. The number of nitrogens with two attached hydrogens (primary N) is 4.